The largest absolute Gasteiger partial charge is 0.353 e. The molecule has 1 N–H and O–H groups in total. The van der Waals surface area contributed by atoms with Crippen molar-refractivity contribution in [2.75, 3.05) is 0 Å². The zero-order valence-electron chi connectivity index (χ0n) is 13.9. The molecule has 0 unspecified atom stereocenters. The highest BCUT2D eigenvalue weighted by Crippen LogP contribution is 2.32. The molecule has 4 rings (SSSR count). The number of sulfone groups is 1. The van der Waals surface area contributed by atoms with E-state index in [0.29, 0.717) is 21.5 Å². The Bertz CT molecular complexity index is 1250. The molecule has 0 spiro atoms. The van der Waals surface area contributed by atoms with Gasteiger partial charge in [-0.1, -0.05) is 35.9 Å². The minimum Gasteiger partial charge on any atom is -0.353 e. The lowest BCUT2D eigenvalue weighted by Crippen LogP contribution is -2.18. The summed E-state index contributed by atoms with van der Waals surface area (Å²) < 4.78 is 26.6. The summed E-state index contributed by atoms with van der Waals surface area (Å²) in [6.45, 7) is 1.89. The molecule has 0 fully saturated rings. The van der Waals surface area contributed by atoms with Crippen molar-refractivity contribution in [3.63, 3.8) is 0 Å². The second kappa shape index (κ2) is 6.23. The van der Waals surface area contributed by atoms with Crippen LogP contribution in [-0.2, 0) is 9.84 Å². The van der Waals surface area contributed by atoms with E-state index >= 15 is 0 Å². The van der Waals surface area contributed by atoms with Crippen molar-refractivity contribution in [2.45, 2.75) is 16.7 Å². The number of benzene rings is 2. The molecule has 0 bridgehead atoms. The van der Waals surface area contributed by atoms with Crippen LogP contribution in [0.15, 0.2) is 80.6 Å². The molecule has 2 aromatic heterocycles. The fourth-order valence-electron chi connectivity index (χ4n) is 2.90. The number of para-hydroxylation sites is 1. The highest BCUT2D eigenvalue weighted by molar-refractivity contribution is 7.91. The lowest BCUT2D eigenvalue weighted by atomic mass is 10.2. The SMILES string of the molecule is Cc1ccc(S(=O)(=O)c2c(-c3cccs3)[nH]c3ccccc3c2=O)cc1. The standard InChI is InChI=1S/C20H15NO3S2/c1-13-8-10-14(11-9-13)26(23,24)20-18(17-7-4-12-25-17)21-16-6-3-2-5-15(16)19(20)22/h2-12H,1H3,(H,21,22). The number of aromatic amines is 1. The lowest BCUT2D eigenvalue weighted by Gasteiger charge is -2.11. The number of aryl methyl sites for hydroxylation is 1. The van der Waals surface area contributed by atoms with Gasteiger partial charge in [0.15, 0.2) is 0 Å². The van der Waals surface area contributed by atoms with Crippen molar-refractivity contribution in [1.82, 2.24) is 4.98 Å². The van der Waals surface area contributed by atoms with Crippen LogP contribution in [0.25, 0.3) is 21.5 Å². The Labute approximate surface area is 154 Å². The number of pyridine rings is 1. The molecule has 0 atom stereocenters. The summed E-state index contributed by atoms with van der Waals surface area (Å²) in [5, 5.41) is 2.21. The molecular weight excluding hydrogens is 366 g/mol. The summed E-state index contributed by atoms with van der Waals surface area (Å²) in [5.41, 5.74) is 1.42. The summed E-state index contributed by atoms with van der Waals surface area (Å²) in [4.78, 5) is 16.9. The molecule has 2 aromatic carbocycles. The number of nitrogens with one attached hydrogen (secondary N) is 1. The fraction of sp³-hybridized carbons (Fsp3) is 0.0500. The number of aromatic nitrogens is 1. The van der Waals surface area contributed by atoms with Gasteiger partial charge in [0.25, 0.3) is 0 Å². The van der Waals surface area contributed by atoms with Crippen LogP contribution in [-0.4, -0.2) is 13.4 Å². The maximum atomic E-state index is 13.3. The van der Waals surface area contributed by atoms with Crippen LogP contribution in [0.2, 0.25) is 0 Å². The lowest BCUT2D eigenvalue weighted by molar-refractivity contribution is 0.595. The normalized spacial score (nSPS) is 11.7. The van der Waals surface area contributed by atoms with E-state index in [0.717, 1.165) is 5.56 Å². The highest BCUT2D eigenvalue weighted by atomic mass is 32.2. The first-order valence-corrected chi connectivity index (χ1v) is 10.4. The molecule has 0 amide bonds. The van der Waals surface area contributed by atoms with Crippen LogP contribution in [0, 0.1) is 6.92 Å². The number of fused-ring (bicyclic) bond motifs is 1. The van der Waals surface area contributed by atoms with Gasteiger partial charge in [0.2, 0.25) is 15.3 Å². The van der Waals surface area contributed by atoms with Gasteiger partial charge in [-0.3, -0.25) is 4.79 Å². The third kappa shape index (κ3) is 2.67. The van der Waals surface area contributed by atoms with Gasteiger partial charge >= 0.3 is 0 Å². The van der Waals surface area contributed by atoms with E-state index in [2.05, 4.69) is 4.98 Å². The van der Waals surface area contributed by atoms with E-state index < -0.39 is 15.3 Å². The van der Waals surface area contributed by atoms with E-state index in [1.807, 2.05) is 24.4 Å². The number of hydrogen-bond acceptors (Lipinski definition) is 4. The average Bonchev–Trinajstić information content (AvgIpc) is 3.16. The van der Waals surface area contributed by atoms with Gasteiger partial charge in [0.05, 0.1) is 15.5 Å². The fourth-order valence-corrected chi connectivity index (χ4v) is 5.21. The van der Waals surface area contributed by atoms with Gasteiger partial charge in [0, 0.05) is 10.9 Å². The van der Waals surface area contributed by atoms with Crippen molar-refractivity contribution in [3.8, 4) is 10.6 Å². The Morgan fingerprint density at radius 2 is 1.65 bits per heavy atom. The maximum Gasteiger partial charge on any atom is 0.212 e. The minimum absolute atomic E-state index is 0.113. The van der Waals surface area contributed by atoms with Gasteiger partial charge in [0.1, 0.15) is 4.90 Å². The first kappa shape index (κ1) is 16.8. The molecule has 0 aliphatic carbocycles. The van der Waals surface area contributed by atoms with Gasteiger partial charge in [-0.2, -0.15) is 0 Å². The van der Waals surface area contributed by atoms with Gasteiger partial charge in [-0.05, 0) is 42.6 Å². The molecule has 0 aliphatic rings. The topological polar surface area (TPSA) is 67.0 Å². The number of rotatable bonds is 3. The first-order valence-electron chi connectivity index (χ1n) is 7.99. The van der Waals surface area contributed by atoms with Crippen LogP contribution in [0.4, 0.5) is 0 Å². The van der Waals surface area contributed by atoms with Crippen LogP contribution < -0.4 is 5.43 Å². The second-order valence-corrected chi connectivity index (χ2v) is 8.83. The van der Waals surface area contributed by atoms with E-state index in [4.69, 9.17) is 0 Å². The van der Waals surface area contributed by atoms with Crippen molar-refractivity contribution in [3.05, 3.63) is 81.8 Å². The Morgan fingerprint density at radius 3 is 2.35 bits per heavy atom. The Kier molecular flexibility index (Phi) is 4.01. The molecule has 0 aliphatic heterocycles. The third-order valence-corrected chi connectivity index (χ3v) is 6.94. The molecule has 0 saturated carbocycles. The summed E-state index contributed by atoms with van der Waals surface area (Å²) >= 11 is 1.39. The molecule has 0 radical (unpaired) electrons. The molecular formula is C20H15NO3S2. The smallest absolute Gasteiger partial charge is 0.212 e. The zero-order chi connectivity index (χ0) is 18.3. The van der Waals surface area contributed by atoms with E-state index in [9.17, 15) is 13.2 Å². The van der Waals surface area contributed by atoms with E-state index in [1.165, 1.54) is 23.5 Å². The van der Waals surface area contributed by atoms with Gasteiger partial charge in [-0.25, -0.2) is 8.42 Å². The number of hydrogen-bond donors (Lipinski definition) is 1. The Balaban J connectivity index is 2.11. The first-order chi connectivity index (χ1) is 12.5. The summed E-state index contributed by atoms with van der Waals surface area (Å²) in [6.07, 6.45) is 0. The Morgan fingerprint density at radius 1 is 0.923 bits per heavy atom. The Hall–Kier alpha value is -2.70. The molecule has 4 aromatic rings. The van der Waals surface area contributed by atoms with Crippen LogP contribution in [0.5, 0.6) is 0 Å². The second-order valence-electron chi connectivity index (χ2n) is 6.00. The van der Waals surface area contributed by atoms with Crippen LogP contribution in [0.1, 0.15) is 5.56 Å². The van der Waals surface area contributed by atoms with E-state index in [1.54, 1.807) is 36.4 Å². The minimum atomic E-state index is -3.97. The molecule has 6 heteroatoms. The van der Waals surface area contributed by atoms with Crippen molar-refractivity contribution >= 4 is 32.1 Å². The summed E-state index contributed by atoms with van der Waals surface area (Å²) in [6, 6.07) is 17.1. The molecule has 130 valence electrons. The van der Waals surface area contributed by atoms with Gasteiger partial charge < -0.3 is 4.98 Å². The third-order valence-electron chi connectivity index (χ3n) is 4.23. The molecule has 0 saturated heterocycles. The quantitative estimate of drug-likeness (QED) is 0.572. The predicted molar refractivity (Wildman–Crippen MR) is 105 cm³/mol. The van der Waals surface area contributed by atoms with Crippen molar-refractivity contribution in [1.29, 1.82) is 0 Å². The summed E-state index contributed by atoms with van der Waals surface area (Å²) in [7, 11) is -3.97. The number of thiophene rings is 1. The molecule has 26 heavy (non-hydrogen) atoms. The van der Waals surface area contributed by atoms with Gasteiger partial charge in [-0.15, -0.1) is 11.3 Å². The predicted octanol–water partition coefficient (Wildman–Crippen LogP) is 4.40. The van der Waals surface area contributed by atoms with Crippen molar-refractivity contribution in [2.24, 2.45) is 0 Å². The molecule has 4 nitrogen and oxygen atoms in total. The zero-order valence-corrected chi connectivity index (χ0v) is 15.5. The molecule has 2 heterocycles. The van der Waals surface area contributed by atoms with Crippen molar-refractivity contribution < 1.29 is 8.42 Å². The average molecular weight is 381 g/mol. The monoisotopic (exact) mass is 381 g/mol. The van der Waals surface area contributed by atoms with Crippen LogP contribution >= 0.6 is 11.3 Å². The highest BCUT2D eigenvalue weighted by Gasteiger charge is 2.27. The number of H-pyrrole nitrogens is 1. The maximum absolute atomic E-state index is 13.3. The van der Waals surface area contributed by atoms with E-state index in [-0.39, 0.29) is 9.79 Å². The van der Waals surface area contributed by atoms with Crippen LogP contribution in [0.3, 0.4) is 0 Å². The summed E-state index contributed by atoms with van der Waals surface area (Å²) in [5.74, 6) is 0.